The van der Waals surface area contributed by atoms with Gasteiger partial charge in [0.25, 0.3) is 0 Å². The number of nitrogens with one attached hydrogen (secondary N) is 1. The Morgan fingerprint density at radius 2 is 1.70 bits per heavy atom. The van der Waals surface area contributed by atoms with E-state index in [0.717, 1.165) is 25.3 Å². The molecule has 0 saturated heterocycles. The van der Waals surface area contributed by atoms with Gasteiger partial charge in [-0.05, 0) is 24.0 Å². The van der Waals surface area contributed by atoms with E-state index in [2.05, 4.69) is 26.1 Å². The lowest BCUT2D eigenvalue weighted by Gasteiger charge is -2.26. The van der Waals surface area contributed by atoms with Crippen LogP contribution in [0.1, 0.15) is 52.0 Å². The summed E-state index contributed by atoms with van der Waals surface area (Å²) in [7, 11) is 0. The Hall–Kier alpha value is -1.19. The van der Waals surface area contributed by atoms with Gasteiger partial charge in [-0.15, -0.1) is 0 Å². The van der Waals surface area contributed by atoms with Gasteiger partial charge in [0, 0.05) is 12.2 Å². The SMILES string of the molecule is CCCCCC(C)(C)CNc1ccccc1C(F)(F)F. The summed E-state index contributed by atoms with van der Waals surface area (Å²) in [6.45, 7) is 6.87. The summed E-state index contributed by atoms with van der Waals surface area (Å²) in [5.41, 5.74) is -0.429. The predicted molar refractivity (Wildman–Crippen MR) is 77.9 cm³/mol. The Balaban J connectivity index is 2.66. The Kier molecular flexibility index (Phi) is 5.90. The first-order valence-corrected chi connectivity index (χ1v) is 7.16. The van der Waals surface area contributed by atoms with E-state index in [9.17, 15) is 13.2 Å². The van der Waals surface area contributed by atoms with Gasteiger partial charge in [0.05, 0.1) is 5.56 Å². The van der Waals surface area contributed by atoms with Gasteiger partial charge in [0.2, 0.25) is 0 Å². The summed E-state index contributed by atoms with van der Waals surface area (Å²) in [6.07, 6.45) is 0.146. The van der Waals surface area contributed by atoms with Crippen molar-refractivity contribution in [2.45, 2.75) is 52.6 Å². The van der Waals surface area contributed by atoms with E-state index in [4.69, 9.17) is 0 Å². The molecule has 1 aromatic carbocycles. The number of para-hydroxylation sites is 1. The van der Waals surface area contributed by atoms with Crippen LogP contribution in [0.15, 0.2) is 24.3 Å². The molecule has 1 rings (SSSR count). The van der Waals surface area contributed by atoms with Crippen molar-refractivity contribution in [3.05, 3.63) is 29.8 Å². The molecule has 0 bridgehead atoms. The van der Waals surface area contributed by atoms with Gasteiger partial charge in [0.15, 0.2) is 0 Å². The van der Waals surface area contributed by atoms with Crippen LogP contribution >= 0.6 is 0 Å². The normalized spacial score (nSPS) is 12.5. The van der Waals surface area contributed by atoms with Gasteiger partial charge in [-0.25, -0.2) is 0 Å². The van der Waals surface area contributed by atoms with Gasteiger partial charge in [-0.3, -0.25) is 0 Å². The maximum absolute atomic E-state index is 12.9. The fourth-order valence-electron chi connectivity index (χ4n) is 2.16. The number of halogens is 3. The molecule has 0 atom stereocenters. The summed E-state index contributed by atoms with van der Waals surface area (Å²) < 4.78 is 38.6. The third-order valence-electron chi connectivity index (χ3n) is 3.45. The highest BCUT2D eigenvalue weighted by Crippen LogP contribution is 2.35. The highest BCUT2D eigenvalue weighted by Gasteiger charge is 2.33. The number of unbranched alkanes of at least 4 members (excludes halogenated alkanes) is 2. The lowest BCUT2D eigenvalue weighted by Crippen LogP contribution is -2.24. The molecule has 0 heterocycles. The molecule has 0 saturated carbocycles. The highest BCUT2D eigenvalue weighted by molar-refractivity contribution is 5.52. The van der Waals surface area contributed by atoms with E-state index < -0.39 is 11.7 Å². The van der Waals surface area contributed by atoms with E-state index in [1.165, 1.54) is 18.6 Å². The Morgan fingerprint density at radius 1 is 1.05 bits per heavy atom. The summed E-state index contributed by atoms with van der Waals surface area (Å²) >= 11 is 0. The van der Waals surface area contributed by atoms with E-state index >= 15 is 0 Å². The van der Waals surface area contributed by atoms with Crippen LogP contribution in [0.25, 0.3) is 0 Å². The molecule has 4 heteroatoms. The van der Waals surface area contributed by atoms with Crippen molar-refractivity contribution in [2.75, 3.05) is 11.9 Å². The van der Waals surface area contributed by atoms with E-state index in [-0.39, 0.29) is 11.1 Å². The highest BCUT2D eigenvalue weighted by atomic mass is 19.4. The van der Waals surface area contributed by atoms with Crippen LogP contribution in [0.3, 0.4) is 0 Å². The minimum Gasteiger partial charge on any atom is -0.384 e. The van der Waals surface area contributed by atoms with Crippen LogP contribution in [-0.4, -0.2) is 6.54 Å². The van der Waals surface area contributed by atoms with E-state index in [0.29, 0.717) is 6.54 Å². The Labute approximate surface area is 119 Å². The Morgan fingerprint density at radius 3 is 2.30 bits per heavy atom. The molecule has 0 unspecified atom stereocenters. The zero-order valence-corrected chi connectivity index (χ0v) is 12.5. The topological polar surface area (TPSA) is 12.0 Å². The summed E-state index contributed by atoms with van der Waals surface area (Å²) in [6, 6.07) is 5.65. The predicted octanol–water partition coefficient (Wildman–Crippen LogP) is 5.72. The van der Waals surface area contributed by atoms with Crippen LogP contribution < -0.4 is 5.32 Å². The van der Waals surface area contributed by atoms with Crippen LogP contribution in [0.5, 0.6) is 0 Å². The monoisotopic (exact) mass is 287 g/mol. The molecule has 0 amide bonds. The molecule has 1 N–H and O–H groups in total. The molecule has 0 fully saturated rings. The number of benzene rings is 1. The zero-order chi connectivity index (χ0) is 15.2. The molecule has 0 aliphatic carbocycles. The second-order valence-corrected chi connectivity index (χ2v) is 6.02. The van der Waals surface area contributed by atoms with Crippen molar-refractivity contribution in [3.8, 4) is 0 Å². The number of anilines is 1. The zero-order valence-electron chi connectivity index (χ0n) is 12.5. The van der Waals surface area contributed by atoms with Crippen LogP contribution in [0.4, 0.5) is 18.9 Å². The first kappa shape index (κ1) is 16.9. The molecule has 0 spiro atoms. The summed E-state index contributed by atoms with van der Waals surface area (Å²) in [5, 5.41) is 2.97. The smallest absolute Gasteiger partial charge is 0.384 e. The molecule has 0 aliphatic rings. The van der Waals surface area contributed by atoms with Gasteiger partial charge < -0.3 is 5.32 Å². The molecule has 20 heavy (non-hydrogen) atoms. The molecule has 114 valence electrons. The number of hydrogen-bond donors (Lipinski definition) is 1. The molecule has 0 aromatic heterocycles. The van der Waals surface area contributed by atoms with Crippen LogP contribution in [0, 0.1) is 5.41 Å². The van der Waals surface area contributed by atoms with Gasteiger partial charge >= 0.3 is 6.18 Å². The number of hydrogen-bond acceptors (Lipinski definition) is 1. The van der Waals surface area contributed by atoms with Crippen molar-refractivity contribution in [3.63, 3.8) is 0 Å². The Bertz CT molecular complexity index is 410. The average molecular weight is 287 g/mol. The largest absolute Gasteiger partial charge is 0.418 e. The molecule has 0 aliphatic heterocycles. The molecule has 0 radical (unpaired) electrons. The summed E-state index contributed by atoms with van der Waals surface area (Å²) in [4.78, 5) is 0. The molecular formula is C16H24F3N. The van der Waals surface area contributed by atoms with Crippen LogP contribution in [-0.2, 0) is 6.18 Å². The van der Waals surface area contributed by atoms with Gasteiger partial charge in [-0.1, -0.05) is 52.2 Å². The number of alkyl halides is 3. The van der Waals surface area contributed by atoms with Crippen molar-refractivity contribution in [1.29, 1.82) is 0 Å². The second kappa shape index (κ2) is 7.00. The van der Waals surface area contributed by atoms with E-state index in [1.54, 1.807) is 6.07 Å². The average Bonchev–Trinajstić information content (AvgIpc) is 2.36. The maximum Gasteiger partial charge on any atom is 0.418 e. The first-order valence-electron chi connectivity index (χ1n) is 7.16. The van der Waals surface area contributed by atoms with Crippen molar-refractivity contribution in [2.24, 2.45) is 5.41 Å². The van der Waals surface area contributed by atoms with E-state index in [1.807, 2.05) is 0 Å². The quantitative estimate of drug-likeness (QED) is 0.632. The van der Waals surface area contributed by atoms with Gasteiger partial charge in [0.1, 0.15) is 0 Å². The molecular weight excluding hydrogens is 263 g/mol. The lowest BCUT2D eigenvalue weighted by atomic mass is 9.86. The van der Waals surface area contributed by atoms with Crippen LogP contribution in [0.2, 0.25) is 0 Å². The third kappa shape index (κ3) is 5.43. The minimum atomic E-state index is -4.31. The minimum absolute atomic E-state index is 0.00607. The molecule has 1 aromatic rings. The first-order chi connectivity index (χ1) is 9.26. The second-order valence-electron chi connectivity index (χ2n) is 6.02. The van der Waals surface area contributed by atoms with Gasteiger partial charge in [-0.2, -0.15) is 13.2 Å². The third-order valence-corrected chi connectivity index (χ3v) is 3.45. The summed E-state index contributed by atoms with van der Waals surface area (Å²) in [5.74, 6) is 0. The van der Waals surface area contributed by atoms with Crippen molar-refractivity contribution in [1.82, 2.24) is 0 Å². The van der Waals surface area contributed by atoms with Crippen molar-refractivity contribution >= 4 is 5.69 Å². The number of rotatable bonds is 7. The standard InChI is InChI=1S/C16H24F3N/c1-4-5-8-11-15(2,3)12-20-14-10-7-6-9-13(14)16(17,18)19/h6-7,9-10,20H,4-5,8,11-12H2,1-3H3. The fraction of sp³-hybridized carbons (Fsp3) is 0.625. The maximum atomic E-state index is 12.9. The van der Waals surface area contributed by atoms with Crippen molar-refractivity contribution < 1.29 is 13.2 Å². The fourth-order valence-corrected chi connectivity index (χ4v) is 2.16. The molecule has 1 nitrogen and oxygen atoms in total. The lowest BCUT2D eigenvalue weighted by molar-refractivity contribution is -0.137.